The van der Waals surface area contributed by atoms with Crippen LogP contribution in [-0.2, 0) is 4.79 Å². The quantitative estimate of drug-likeness (QED) is 0.861. The Kier molecular flexibility index (Phi) is 3.99. The smallest absolute Gasteiger partial charge is 0.244 e. The van der Waals surface area contributed by atoms with E-state index in [2.05, 4.69) is 19.0 Å². The molecule has 0 aliphatic carbocycles. The van der Waals surface area contributed by atoms with Crippen molar-refractivity contribution in [2.24, 2.45) is 5.73 Å². The lowest BCUT2D eigenvalue weighted by Crippen LogP contribution is -2.39. The summed E-state index contributed by atoms with van der Waals surface area (Å²) in [5, 5.41) is 0. The first-order valence-electron chi connectivity index (χ1n) is 6.35. The van der Waals surface area contributed by atoms with Crippen LogP contribution in [0.25, 0.3) is 0 Å². The van der Waals surface area contributed by atoms with Crippen LogP contribution in [-0.4, -0.2) is 48.9 Å². The SMILES string of the molecule is CN(C)C1CCN(C(=O)C(N)c2ccccc2)C1. The Morgan fingerprint density at radius 3 is 2.61 bits per heavy atom. The van der Waals surface area contributed by atoms with Gasteiger partial charge in [0.2, 0.25) is 5.91 Å². The number of amides is 1. The number of nitrogens with zero attached hydrogens (tertiary/aromatic N) is 2. The van der Waals surface area contributed by atoms with Gasteiger partial charge in [0.15, 0.2) is 0 Å². The molecule has 1 aromatic rings. The third-order valence-electron chi connectivity index (χ3n) is 3.63. The maximum atomic E-state index is 12.3. The number of rotatable bonds is 3. The van der Waals surface area contributed by atoms with Crippen LogP contribution in [0.2, 0.25) is 0 Å². The van der Waals surface area contributed by atoms with Crippen molar-refractivity contribution in [1.29, 1.82) is 0 Å². The van der Waals surface area contributed by atoms with E-state index in [-0.39, 0.29) is 5.91 Å². The summed E-state index contributed by atoms with van der Waals surface area (Å²) in [7, 11) is 4.10. The molecule has 0 spiro atoms. The number of likely N-dealkylation sites (N-methyl/N-ethyl adjacent to an activating group) is 1. The Morgan fingerprint density at radius 1 is 1.39 bits per heavy atom. The zero-order valence-corrected chi connectivity index (χ0v) is 11.0. The molecule has 98 valence electrons. The molecule has 1 saturated heterocycles. The van der Waals surface area contributed by atoms with Gasteiger partial charge in [-0.15, -0.1) is 0 Å². The molecular formula is C14H21N3O. The highest BCUT2D eigenvalue weighted by Gasteiger charge is 2.30. The van der Waals surface area contributed by atoms with Crippen molar-refractivity contribution >= 4 is 5.91 Å². The van der Waals surface area contributed by atoms with Gasteiger partial charge < -0.3 is 15.5 Å². The van der Waals surface area contributed by atoms with Crippen LogP contribution in [0.3, 0.4) is 0 Å². The third-order valence-corrected chi connectivity index (χ3v) is 3.63. The van der Waals surface area contributed by atoms with E-state index in [1.54, 1.807) is 0 Å². The zero-order chi connectivity index (χ0) is 13.1. The van der Waals surface area contributed by atoms with Gasteiger partial charge in [0.05, 0.1) is 0 Å². The second-order valence-corrected chi connectivity index (χ2v) is 5.08. The molecule has 18 heavy (non-hydrogen) atoms. The minimum atomic E-state index is -0.535. The standard InChI is InChI=1S/C14H21N3O/c1-16(2)12-8-9-17(10-12)14(18)13(15)11-6-4-3-5-7-11/h3-7,12-13H,8-10,15H2,1-2H3. The van der Waals surface area contributed by atoms with Crippen LogP contribution in [0.4, 0.5) is 0 Å². The molecule has 1 aromatic carbocycles. The van der Waals surface area contributed by atoms with Gasteiger partial charge in [-0.2, -0.15) is 0 Å². The van der Waals surface area contributed by atoms with E-state index in [1.807, 2.05) is 35.2 Å². The predicted octanol–water partition coefficient (Wildman–Crippen LogP) is 0.849. The molecule has 1 heterocycles. The van der Waals surface area contributed by atoms with Crippen LogP contribution in [0.5, 0.6) is 0 Å². The lowest BCUT2D eigenvalue weighted by atomic mass is 10.1. The molecule has 1 amide bonds. The molecule has 0 saturated carbocycles. The molecule has 0 bridgehead atoms. The minimum Gasteiger partial charge on any atom is -0.339 e. The Balaban J connectivity index is 2.00. The topological polar surface area (TPSA) is 49.6 Å². The number of carbonyl (C=O) groups is 1. The van der Waals surface area contributed by atoms with Crippen molar-refractivity contribution in [3.63, 3.8) is 0 Å². The van der Waals surface area contributed by atoms with Crippen LogP contribution in [0.1, 0.15) is 18.0 Å². The van der Waals surface area contributed by atoms with Gasteiger partial charge in [0.1, 0.15) is 6.04 Å². The Hall–Kier alpha value is -1.39. The maximum Gasteiger partial charge on any atom is 0.244 e. The first-order valence-corrected chi connectivity index (χ1v) is 6.35. The fraction of sp³-hybridized carbons (Fsp3) is 0.500. The first kappa shape index (κ1) is 13.1. The highest BCUT2D eigenvalue weighted by Crippen LogP contribution is 2.19. The summed E-state index contributed by atoms with van der Waals surface area (Å²) >= 11 is 0. The first-order chi connectivity index (χ1) is 8.59. The monoisotopic (exact) mass is 247 g/mol. The van der Waals surface area contributed by atoms with Crippen molar-refractivity contribution in [2.45, 2.75) is 18.5 Å². The Bertz CT molecular complexity index is 405. The van der Waals surface area contributed by atoms with E-state index >= 15 is 0 Å². The number of likely N-dealkylation sites (tertiary alicyclic amines) is 1. The van der Waals surface area contributed by atoms with Crippen LogP contribution < -0.4 is 5.73 Å². The fourth-order valence-corrected chi connectivity index (χ4v) is 2.36. The number of nitrogens with two attached hydrogens (primary N) is 1. The van der Waals surface area contributed by atoms with Gasteiger partial charge in [0, 0.05) is 19.1 Å². The number of hydrogen-bond acceptors (Lipinski definition) is 3. The molecule has 1 aliphatic heterocycles. The minimum absolute atomic E-state index is 0.0329. The molecule has 2 unspecified atom stereocenters. The summed E-state index contributed by atoms with van der Waals surface area (Å²) < 4.78 is 0. The lowest BCUT2D eigenvalue weighted by Gasteiger charge is -2.23. The molecule has 1 aliphatic rings. The predicted molar refractivity (Wildman–Crippen MR) is 72.0 cm³/mol. The average Bonchev–Trinajstić information content (AvgIpc) is 2.88. The van der Waals surface area contributed by atoms with E-state index < -0.39 is 6.04 Å². The summed E-state index contributed by atoms with van der Waals surface area (Å²) in [5.41, 5.74) is 6.92. The molecular weight excluding hydrogens is 226 g/mol. The summed E-state index contributed by atoms with van der Waals surface area (Å²) in [6, 6.07) is 9.48. The number of hydrogen-bond donors (Lipinski definition) is 1. The molecule has 1 fully saturated rings. The largest absolute Gasteiger partial charge is 0.339 e. The van der Waals surface area contributed by atoms with Gasteiger partial charge in [-0.05, 0) is 26.1 Å². The average molecular weight is 247 g/mol. The van der Waals surface area contributed by atoms with Crippen LogP contribution in [0, 0.1) is 0 Å². The number of benzene rings is 1. The van der Waals surface area contributed by atoms with E-state index in [1.165, 1.54) is 0 Å². The molecule has 2 rings (SSSR count). The molecule has 2 N–H and O–H groups in total. The second-order valence-electron chi connectivity index (χ2n) is 5.08. The van der Waals surface area contributed by atoms with Gasteiger partial charge in [0.25, 0.3) is 0 Å². The highest BCUT2D eigenvalue weighted by molar-refractivity contribution is 5.83. The van der Waals surface area contributed by atoms with E-state index in [0.717, 1.165) is 25.1 Å². The van der Waals surface area contributed by atoms with Gasteiger partial charge in [-0.25, -0.2) is 0 Å². The maximum absolute atomic E-state index is 12.3. The van der Waals surface area contributed by atoms with E-state index in [4.69, 9.17) is 5.73 Å². The zero-order valence-electron chi connectivity index (χ0n) is 11.0. The van der Waals surface area contributed by atoms with E-state index in [9.17, 15) is 4.79 Å². The summed E-state index contributed by atoms with van der Waals surface area (Å²) in [6.07, 6.45) is 1.03. The van der Waals surface area contributed by atoms with Crippen LogP contribution >= 0.6 is 0 Å². The summed E-state index contributed by atoms with van der Waals surface area (Å²) in [6.45, 7) is 1.59. The second kappa shape index (κ2) is 5.50. The van der Waals surface area contributed by atoms with E-state index in [0.29, 0.717) is 6.04 Å². The van der Waals surface area contributed by atoms with Crippen LogP contribution in [0.15, 0.2) is 30.3 Å². The summed E-state index contributed by atoms with van der Waals surface area (Å²) in [4.78, 5) is 16.3. The van der Waals surface area contributed by atoms with Gasteiger partial charge in [-0.1, -0.05) is 30.3 Å². The molecule has 0 aromatic heterocycles. The van der Waals surface area contributed by atoms with Crippen molar-refractivity contribution in [3.05, 3.63) is 35.9 Å². The van der Waals surface area contributed by atoms with Gasteiger partial charge in [-0.3, -0.25) is 4.79 Å². The van der Waals surface area contributed by atoms with Gasteiger partial charge >= 0.3 is 0 Å². The Labute approximate surface area is 108 Å². The summed E-state index contributed by atoms with van der Waals surface area (Å²) in [5.74, 6) is 0.0329. The lowest BCUT2D eigenvalue weighted by molar-refractivity contribution is -0.131. The Morgan fingerprint density at radius 2 is 2.06 bits per heavy atom. The molecule has 0 radical (unpaired) electrons. The fourth-order valence-electron chi connectivity index (χ4n) is 2.36. The van der Waals surface area contributed by atoms with Crippen molar-refractivity contribution in [2.75, 3.05) is 27.2 Å². The normalized spacial score (nSPS) is 21.3. The van der Waals surface area contributed by atoms with Crippen molar-refractivity contribution < 1.29 is 4.79 Å². The molecule has 2 atom stereocenters. The van der Waals surface area contributed by atoms with Crippen molar-refractivity contribution in [3.8, 4) is 0 Å². The third kappa shape index (κ3) is 2.71. The molecule has 4 nitrogen and oxygen atoms in total. The highest BCUT2D eigenvalue weighted by atomic mass is 16.2. The van der Waals surface area contributed by atoms with Crippen molar-refractivity contribution in [1.82, 2.24) is 9.80 Å². The molecule has 4 heteroatoms. The number of carbonyl (C=O) groups excluding carboxylic acids is 1.